The molecule has 4 heteroatoms. The Hall–Kier alpha value is -1.63. The highest BCUT2D eigenvalue weighted by atomic mass is 19.1. The van der Waals surface area contributed by atoms with Crippen LogP contribution in [-0.4, -0.2) is 24.2 Å². The van der Waals surface area contributed by atoms with Crippen LogP contribution < -0.4 is 4.90 Å². The van der Waals surface area contributed by atoms with Gasteiger partial charge in [-0.05, 0) is 25.0 Å². The second-order valence-electron chi connectivity index (χ2n) is 3.65. The summed E-state index contributed by atoms with van der Waals surface area (Å²) >= 11 is 0. The Kier molecular flexibility index (Phi) is 2.82. The van der Waals surface area contributed by atoms with Crippen molar-refractivity contribution in [3.8, 4) is 6.07 Å². The van der Waals surface area contributed by atoms with Gasteiger partial charge in [0, 0.05) is 18.4 Å². The van der Waals surface area contributed by atoms with Crippen LogP contribution in [0.4, 0.5) is 10.1 Å². The maximum Gasteiger partial charge on any atom is 0.142 e. The van der Waals surface area contributed by atoms with Gasteiger partial charge in [-0.25, -0.2) is 9.37 Å². The summed E-state index contributed by atoms with van der Waals surface area (Å²) in [5.74, 6) is 0. The van der Waals surface area contributed by atoms with Crippen LogP contribution in [0.15, 0.2) is 18.3 Å². The second-order valence-corrected chi connectivity index (χ2v) is 3.65. The Morgan fingerprint density at radius 2 is 2.53 bits per heavy atom. The first-order valence-corrected chi connectivity index (χ1v) is 5.04. The Morgan fingerprint density at radius 1 is 1.67 bits per heavy atom. The zero-order chi connectivity index (χ0) is 10.7. The summed E-state index contributed by atoms with van der Waals surface area (Å²) in [7, 11) is 0. The topological polar surface area (TPSA) is 39.9 Å². The fraction of sp³-hybridized carbons (Fsp3) is 0.455. The predicted molar refractivity (Wildman–Crippen MR) is 55.3 cm³/mol. The number of alkyl halides is 1. The smallest absolute Gasteiger partial charge is 0.142 e. The van der Waals surface area contributed by atoms with Gasteiger partial charge < -0.3 is 4.90 Å². The molecule has 0 N–H and O–H groups in total. The average molecular weight is 205 g/mol. The molecule has 0 amide bonds. The van der Waals surface area contributed by atoms with E-state index in [1.807, 2.05) is 17.0 Å². The molecule has 1 aromatic heterocycles. The van der Waals surface area contributed by atoms with Crippen LogP contribution in [0.1, 0.15) is 18.5 Å². The van der Waals surface area contributed by atoms with E-state index in [4.69, 9.17) is 5.26 Å². The quantitative estimate of drug-likeness (QED) is 0.740. The number of nitriles is 1. The SMILES string of the molecule is N#Cc1cc(N2CCCC2CF)ccn1. The lowest BCUT2D eigenvalue weighted by molar-refractivity contribution is 0.428. The number of nitrogens with zero attached hydrogens (tertiary/aromatic N) is 3. The maximum absolute atomic E-state index is 12.7. The van der Waals surface area contributed by atoms with Crippen LogP contribution in [0, 0.1) is 11.3 Å². The summed E-state index contributed by atoms with van der Waals surface area (Å²) in [6.45, 7) is 0.535. The van der Waals surface area contributed by atoms with Crippen LogP contribution in [0.3, 0.4) is 0 Å². The van der Waals surface area contributed by atoms with Crippen LogP contribution in [0.25, 0.3) is 0 Å². The van der Waals surface area contributed by atoms with E-state index in [0.29, 0.717) is 5.69 Å². The van der Waals surface area contributed by atoms with Gasteiger partial charge in [0.2, 0.25) is 0 Å². The zero-order valence-corrected chi connectivity index (χ0v) is 8.36. The summed E-state index contributed by atoms with van der Waals surface area (Å²) in [6.07, 6.45) is 3.50. The molecule has 1 atom stereocenters. The maximum atomic E-state index is 12.7. The third-order valence-electron chi connectivity index (χ3n) is 2.74. The molecule has 2 rings (SSSR count). The van der Waals surface area contributed by atoms with Crippen molar-refractivity contribution in [3.05, 3.63) is 24.0 Å². The first-order valence-electron chi connectivity index (χ1n) is 5.04. The summed E-state index contributed by atoms with van der Waals surface area (Å²) in [5, 5.41) is 8.72. The van der Waals surface area contributed by atoms with E-state index in [2.05, 4.69) is 4.98 Å². The van der Waals surface area contributed by atoms with Gasteiger partial charge in [0.1, 0.15) is 18.4 Å². The average Bonchev–Trinajstić information content (AvgIpc) is 2.77. The van der Waals surface area contributed by atoms with Gasteiger partial charge in [-0.15, -0.1) is 0 Å². The third-order valence-corrected chi connectivity index (χ3v) is 2.74. The third kappa shape index (κ3) is 1.91. The minimum Gasteiger partial charge on any atom is -0.366 e. The molecule has 1 fully saturated rings. The van der Waals surface area contributed by atoms with Crippen molar-refractivity contribution in [3.63, 3.8) is 0 Å². The lowest BCUT2D eigenvalue weighted by Gasteiger charge is -2.24. The summed E-state index contributed by atoms with van der Waals surface area (Å²) in [6, 6.07) is 5.51. The Balaban J connectivity index is 2.25. The Bertz CT molecular complexity index is 386. The standard InChI is InChI=1S/C11H12FN3/c12-7-11-2-1-5-15(11)10-3-4-14-9(6-10)8-13/h3-4,6,11H,1-2,5,7H2. The fourth-order valence-corrected chi connectivity index (χ4v) is 2.00. The van der Waals surface area contributed by atoms with E-state index in [1.54, 1.807) is 12.3 Å². The molecule has 1 aliphatic rings. The number of anilines is 1. The molecule has 78 valence electrons. The van der Waals surface area contributed by atoms with E-state index < -0.39 is 0 Å². The molecule has 2 heterocycles. The second kappa shape index (κ2) is 4.26. The highest BCUT2D eigenvalue weighted by molar-refractivity contribution is 5.50. The van der Waals surface area contributed by atoms with Crippen molar-refractivity contribution in [2.24, 2.45) is 0 Å². The zero-order valence-electron chi connectivity index (χ0n) is 8.36. The normalized spacial score (nSPS) is 20.3. The minimum atomic E-state index is -0.329. The van der Waals surface area contributed by atoms with Gasteiger partial charge in [-0.2, -0.15) is 5.26 Å². The fourth-order valence-electron chi connectivity index (χ4n) is 2.00. The van der Waals surface area contributed by atoms with Gasteiger partial charge in [-0.3, -0.25) is 0 Å². The van der Waals surface area contributed by atoms with Crippen molar-refractivity contribution >= 4 is 5.69 Å². The molecule has 3 nitrogen and oxygen atoms in total. The summed E-state index contributed by atoms with van der Waals surface area (Å²) in [4.78, 5) is 5.92. The molecular formula is C11H12FN3. The van der Waals surface area contributed by atoms with Crippen LogP contribution in [0.5, 0.6) is 0 Å². The molecule has 0 aromatic carbocycles. The molecular weight excluding hydrogens is 193 g/mol. The number of hydrogen-bond acceptors (Lipinski definition) is 3. The highest BCUT2D eigenvalue weighted by Crippen LogP contribution is 2.25. The summed E-state index contributed by atoms with van der Waals surface area (Å²) in [5.41, 5.74) is 1.29. The van der Waals surface area contributed by atoms with Crippen LogP contribution in [-0.2, 0) is 0 Å². The van der Waals surface area contributed by atoms with Crippen molar-refractivity contribution in [2.75, 3.05) is 18.1 Å². The number of hydrogen-bond donors (Lipinski definition) is 0. The lowest BCUT2D eigenvalue weighted by atomic mass is 10.2. The Labute approximate surface area is 88.2 Å². The number of pyridine rings is 1. The predicted octanol–water partition coefficient (Wildman–Crippen LogP) is 1.89. The summed E-state index contributed by atoms with van der Waals surface area (Å²) < 4.78 is 12.7. The monoisotopic (exact) mass is 205 g/mol. The molecule has 15 heavy (non-hydrogen) atoms. The van der Waals surface area contributed by atoms with E-state index in [9.17, 15) is 4.39 Å². The van der Waals surface area contributed by atoms with E-state index >= 15 is 0 Å². The molecule has 0 spiro atoms. The molecule has 1 unspecified atom stereocenters. The first-order chi connectivity index (χ1) is 7.35. The number of halogens is 1. The molecule has 0 saturated carbocycles. The number of rotatable bonds is 2. The van der Waals surface area contributed by atoms with Crippen molar-refractivity contribution in [1.82, 2.24) is 4.98 Å². The van der Waals surface area contributed by atoms with Crippen LogP contribution in [0.2, 0.25) is 0 Å². The largest absolute Gasteiger partial charge is 0.366 e. The van der Waals surface area contributed by atoms with Gasteiger partial charge in [0.25, 0.3) is 0 Å². The van der Waals surface area contributed by atoms with Crippen molar-refractivity contribution in [2.45, 2.75) is 18.9 Å². The molecule has 1 aliphatic heterocycles. The van der Waals surface area contributed by atoms with Crippen molar-refractivity contribution in [1.29, 1.82) is 5.26 Å². The Morgan fingerprint density at radius 3 is 3.27 bits per heavy atom. The van der Waals surface area contributed by atoms with Gasteiger partial charge in [0.05, 0.1) is 6.04 Å². The van der Waals surface area contributed by atoms with Crippen LogP contribution >= 0.6 is 0 Å². The van der Waals surface area contributed by atoms with Crippen molar-refractivity contribution < 1.29 is 4.39 Å². The molecule has 1 saturated heterocycles. The van der Waals surface area contributed by atoms with Gasteiger partial charge >= 0.3 is 0 Å². The van der Waals surface area contributed by atoms with Gasteiger partial charge in [-0.1, -0.05) is 0 Å². The molecule has 0 bridgehead atoms. The van der Waals surface area contributed by atoms with E-state index in [1.165, 1.54) is 0 Å². The molecule has 1 aromatic rings. The highest BCUT2D eigenvalue weighted by Gasteiger charge is 2.24. The van der Waals surface area contributed by atoms with E-state index in [-0.39, 0.29) is 12.7 Å². The number of aromatic nitrogens is 1. The van der Waals surface area contributed by atoms with E-state index in [0.717, 1.165) is 25.1 Å². The molecule has 0 radical (unpaired) electrons. The minimum absolute atomic E-state index is 0.0288. The lowest BCUT2D eigenvalue weighted by Crippen LogP contribution is -2.30. The first kappa shape index (κ1) is 9.91. The van der Waals surface area contributed by atoms with Gasteiger partial charge in [0.15, 0.2) is 0 Å². The molecule has 0 aliphatic carbocycles.